The lowest BCUT2D eigenvalue weighted by atomic mass is 9.90. The van der Waals surface area contributed by atoms with Gasteiger partial charge in [0.15, 0.2) is 11.6 Å². The van der Waals surface area contributed by atoms with E-state index in [4.69, 9.17) is 16.3 Å². The predicted molar refractivity (Wildman–Crippen MR) is 85.8 cm³/mol. The maximum Gasteiger partial charge on any atom is 0.267 e. The third kappa shape index (κ3) is 5.35. The van der Waals surface area contributed by atoms with E-state index in [2.05, 4.69) is 0 Å². The van der Waals surface area contributed by atoms with Crippen LogP contribution in [0.4, 0.5) is 4.39 Å². The Labute approximate surface area is 140 Å². The normalized spacial score (nSPS) is 16.1. The van der Waals surface area contributed by atoms with E-state index in [9.17, 15) is 17.6 Å². The molecule has 0 spiro atoms. The van der Waals surface area contributed by atoms with Gasteiger partial charge in [0, 0.05) is 11.1 Å². The van der Waals surface area contributed by atoms with Gasteiger partial charge in [0.05, 0.1) is 18.4 Å². The van der Waals surface area contributed by atoms with Crippen molar-refractivity contribution in [2.45, 2.75) is 32.1 Å². The van der Waals surface area contributed by atoms with Gasteiger partial charge in [-0.1, -0.05) is 30.9 Å². The SMILES string of the molecule is CS(=O)(=O)NC(=O)c1cc(Cl)cc(OCC2CCCCC2)c1F. The zero-order chi connectivity index (χ0) is 17.0. The van der Waals surface area contributed by atoms with Crippen molar-refractivity contribution in [1.29, 1.82) is 0 Å². The van der Waals surface area contributed by atoms with Crippen molar-refractivity contribution >= 4 is 27.5 Å². The summed E-state index contributed by atoms with van der Waals surface area (Å²) >= 11 is 5.88. The summed E-state index contributed by atoms with van der Waals surface area (Å²) in [4.78, 5) is 11.8. The Morgan fingerprint density at radius 3 is 2.61 bits per heavy atom. The van der Waals surface area contributed by atoms with Gasteiger partial charge < -0.3 is 4.74 Å². The molecule has 0 unspecified atom stereocenters. The molecule has 0 bridgehead atoms. The molecule has 1 fully saturated rings. The van der Waals surface area contributed by atoms with Crippen LogP contribution in [0, 0.1) is 11.7 Å². The van der Waals surface area contributed by atoms with Crippen LogP contribution in [0.15, 0.2) is 12.1 Å². The predicted octanol–water partition coefficient (Wildman–Crippen LogP) is 3.13. The number of hydrogen-bond acceptors (Lipinski definition) is 4. The molecule has 0 heterocycles. The molecule has 0 aliphatic heterocycles. The van der Waals surface area contributed by atoms with Gasteiger partial charge in [0.25, 0.3) is 5.91 Å². The van der Waals surface area contributed by atoms with E-state index in [-0.39, 0.29) is 10.8 Å². The standard InChI is InChI=1S/C15H19ClFNO4S/c1-23(20,21)18-15(19)12-7-11(16)8-13(14(12)17)22-9-10-5-3-2-4-6-10/h7-8,10H,2-6,9H2,1H3,(H,18,19). The fourth-order valence-corrected chi connectivity index (χ4v) is 3.27. The molecule has 0 saturated heterocycles. The molecule has 0 atom stereocenters. The summed E-state index contributed by atoms with van der Waals surface area (Å²) in [6, 6.07) is 2.36. The number of sulfonamides is 1. The summed E-state index contributed by atoms with van der Waals surface area (Å²) in [5.41, 5.74) is -0.457. The zero-order valence-electron chi connectivity index (χ0n) is 12.8. The molecular weight excluding hydrogens is 345 g/mol. The molecule has 1 aliphatic carbocycles. The highest BCUT2D eigenvalue weighted by Gasteiger charge is 2.21. The number of hydrogen-bond donors (Lipinski definition) is 1. The van der Waals surface area contributed by atoms with Crippen molar-refractivity contribution in [3.05, 3.63) is 28.5 Å². The van der Waals surface area contributed by atoms with Gasteiger partial charge >= 0.3 is 0 Å². The van der Waals surface area contributed by atoms with E-state index in [1.165, 1.54) is 12.5 Å². The highest BCUT2D eigenvalue weighted by Crippen LogP contribution is 2.29. The van der Waals surface area contributed by atoms with E-state index in [1.807, 2.05) is 0 Å². The minimum Gasteiger partial charge on any atom is -0.490 e. The minimum absolute atomic E-state index is 0.101. The fourth-order valence-electron chi connectivity index (χ4n) is 2.62. The second-order valence-corrected chi connectivity index (χ2v) is 7.97. The number of nitrogens with one attached hydrogen (secondary N) is 1. The Morgan fingerprint density at radius 1 is 1.35 bits per heavy atom. The summed E-state index contributed by atoms with van der Waals surface area (Å²) in [6.45, 7) is 0.352. The van der Waals surface area contributed by atoms with Crippen LogP contribution in [0.1, 0.15) is 42.5 Å². The third-order valence-corrected chi connectivity index (χ3v) is 4.50. The lowest BCUT2D eigenvalue weighted by Crippen LogP contribution is -2.30. The molecule has 0 aromatic heterocycles. The number of carbonyl (C=O) groups is 1. The lowest BCUT2D eigenvalue weighted by Gasteiger charge is -2.22. The highest BCUT2D eigenvalue weighted by molar-refractivity contribution is 7.89. The summed E-state index contributed by atoms with van der Waals surface area (Å²) < 4.78 is 43.8. The first-order valence-electron chi connectivity index (χ1n) is 7.40. The minimum atomic E-state index is -3.79. The number of rotatable bonds is 5. The molecule has 1 aromatic rings. The van der Waals surface area contributed by atoms with Crippen molar-refractivity contribution in [2.75, 3.05) is 12.9 Å². The number of amides is 1. The van der Waals surface area contributed by atoms with E-state index in [0.717, 1.165) is 38.0 Å². The third-order valence-electron chi connectivity index (χ3n) is 3.73. The maximum atomic E-state index is 14.4. The highest BCUT2D eigenvalue weighted by atomic mass is 35.5. The van der Waals surface area contributed by atoms with Gasteiger partial charge in [-0.05, 0) is 24.8 Å². The molecule has 23 heavy (non-hydrogen) atoms. The molecule has 0 radical (unpaired) electrons. The molecule has 1 aromatic carbocycles. The van der Waals surface area contributed by atoms with E-state index in [0.29, 0.717) is 12.5 Å². The van der Waals surface area contributed by atoms with Gasteiger partial charge in [-0.2, -0.15) is 0 Å². The van der Waals surface area contributed by atoms with Crippen LogP contribution in [0.5, 0.6) is 5.75 Å². The fraction of sp³-hybridized carbons (Fsp3) is 0.533. The Morgan fingerprint density at radius 2 is 2.00 bits per heavy atom. The van der Waals surface area contributed by atoms with Gasteiger partial charge in [0.2, 0.25) is 10.0 Å². The summed E-state index contributed by atoms with van der Waals surface area (Å²) in [5.74, 6) is -1.77. The molecule has 5 nitrogen and oxygen atoms in total. The van der Waals surface area contributed by atoms with Crippen LogP contribution >= 0.6 is 11.6 Å². The van der Waals surface area contributed by atoms with Crippen molar-refractivity contribution in [2.24, 2.45) is 5.92 Å². The second-order valence-electron chi connectivity index (χ2n) is 5.78. The maximum absolute atomic E-state index is 14.4. The topological polar surface area (TPSA) is 72.5 Å². The number of ether oxygens (including phenoxy) is 1. The number of carbonyl (C=O) groups excluding carboxylic acids is 1. The Bertz CT molecular complexity index is 687. The summed E-state index contributed by atoms with van der Waals surface area (Å²) in [7, 11) is -3.79. The number of benzene rings is 1. The second kappa shape index (κ2) is 7.49. The van der Waals surface area contributed by atoms with Crippen LogP contribution in [0.2, 0.25) is 5.02 Å². The molecule has 1 aliphatic rings. The van der Waals surface area contributed by atoms with Crippen molar-refractivity contribution in [3.63, 3.8) is 0 Å². The van der Waals surface area contributed by atoms with Gasteiger partial charge in [-0.25, -0.2) is 17.5 Å². The van der Waals surface area contributed by atoms with Gasteiger partial charge in [-0.15, -0.1) is 0 Å². The van der Waals surface area contributed by atoms with Crippen LogP contribution in [-0.4, -0.2) is 27.2 Å². The van der Waals surface area contributed by atoms with Crippen molar-refractivity contribution in [1.82, 2.24) is 4.72 Å². The quantitative estimate of drug-likeness (QED) is 0.872. The van der Waals surface area contributed by atoms with E-state index in [1.54, 1.807) is 4.72 Å². The summed E-state index contributed by atoms with van der Waals surface area (Å²) in [5, 5.41) is 0.101. The first-order valence-corrected chi connectivity index (χ1v) is 9.67. The molecule has 2 rings (SSSR count). The van der Waals surface area contributed by atoms with Gasteiger partial charge in [-0.3, -0.25) is 4.79 Å². The summed E-state index contributed by atoms with van der Waals surface area (Å²) in [6.07, 6.45) is 6.35. The lowest BCUT2D eigenvalue weighted by molar-refractivity contribution is 0.0976. The smallest absolute Gasteiger partial charge is 0.267 e. The largest absolute Gasteiger partial charge is 0.490 e. The first kappa shape index (κ1) is 18.0. The van der Waals surface area contributed by atoms with Crippen LogP contribution < -0.4 is 9.46 Å². The van der Waals surface area contributed by atoms with E-state index < -0.39 is 27.3 Å². The first-order chi connectivity index (χ1) is 10.8. The molecule has 1 saturated carbocycles. The number of halogens is 2. The Balaban J connectivity index is 2.15. The van der Waals surface area contributed by atoms with E-state index >= 15 is 0 Å². The average molecular weight is 364 g/mol. The zero-order valence-corrected chi connectivity index (χ0v) is 14.3. The average Bonchev–Trinajstić information content (AvgIpc) is 2.47. The molecular formula is C15H19ClFNO4S. The molecule has 1 N–H and O–H groups in total. The van der Waals surface area contributed by atoms with Crippen LogP contribution in [-0.2, 0) is 10.0 Å². The Hall–Kier alpha value is -1.34. The molecule has 1 amide bonds. The molecule has 8 heteroatoms. The van der Waals surface area contributed by atoms with Gasteiger partial charge in [0.1, 0.15) is 0 Å². The van der Waals surface area contributed by atoms with Crippen LogP contribution in [0.3, 0.4) is 0 Å². The van der Waals surface area contributed by atoms with Crippen molar-refractivity contribution in [3.8, 4) is 5.75 Å². The van der Waals surface area contributed by atoms with Crippen molar-refractivity contribution < 1.29 is 22.3 Å². The van der Waals surface area contributed by atoms with Crippen LogP contribution in [0.25, 0.3) is 0 Å². The monoisotopic (exact) mass is 363 g/mol. The Kier molecular flexibility index (Phi) is 5.86. The molecule has 128 valence electrons.